The zero-order chi connectivity index (χ0) is 29.2. The Morgan fingerprint density at radius 3 is 2.49 bits per heavy atom. The summed E-state index contributed by atoms with van der Waals surface area (Å²) >= 11 is 0. The second-order valence-corrected chi connectivity index (χ2v) is 13.0. The summed E-state index contributed by atoms with van der Waals surface area (Å²) in [5, 5.41) is 3.62. The minimum Gasteiger partial charge on any atom is -0.489 e. The second kappa shape index (κ2) is 11.8. The molecule has 41 heavy (non-hydrogen) atoms. The van der Waals surface area contributed by atoms with Crippen LogP contribution >= 0.6 is 0 Å². The highest BCUT2D eigenvalue weighted by Gasteiger charge is 2.52. The Labute approximate surface area is 245 Å². The highest BCUT2D eigenvalue weighted by atomic mass is 16.5. The topological polar surface area (TPSA) is 98.7 Å². The number of anilines is 1. The van der Waals surface area contributed by atoms with Crippen LogP contribution in [0.1, 0.15) is 69.2 Å². The first-order valence-electron chi connectivity index (χ1n) is 14.9. The van der Waals surface area contributed by atoms with Crippen LogP contribution in [0, 0.1) is 11.3 Å². The quantitative estimate of drug-likeness (QED) is 0.291. The number of methoxy groups -OCH3 is 1. The predicted octanol–water partition coefficient (Wildman–Crippen LogP) is 5.62. The Balaban J connectivity index is 1.11. The van der Waals surface area contributed by atoms with Crippen molar-refractivity contribution in [2.45, 2.75) is 70.4 Å². The van der Waals surface area contributed by atoms with E-state index >= 15 is 0 Å². The fourth-order valence-electron chi connectivity index (χ4n) is 6.88. The van der Waals surface area contributed by atoms with Crippen LogP contribution in [0.4, 0.5) is 5.69 Å². The van der Waals surface area contributed by atoms with Crippen LogP contribution in [-0.2, 0) is 11.2 Å². The van der Waals surface area contributed by atoms with Crippen molar-refractivity contribution >= 4 is 17.0 Å². The normalized spacial score (nSPS) is 24.1. The number of nitrogens with one attached hydrogen (secondary N) is 1. The van der Waals surface area contributed by atoms with Gasteiger partial charge in [-0.2, -0.15) is 0 Å². The van der Waals surface area contributed by atoms with Gasteiger partial charge in [-0.25, -0.2) is 0 Å². The van der Waals surface area contributed by atoms with Crippen LogP contribution in [0.25, 0.3) is 11.3 Å². The zero-order valence-electron chi connectivity index (χ0n) is 25.0. The van der Waals surface area contributed by atoms with E-state index in [4.69, 9.17) is 20.9 Å². The molecule has 0 radical (unpaired) electrons. The first-order chi connectivity index (χ1) is 19.6. The van der Waals surface area contributed by atoms with Crippen molar-refractivity contribution in [3.8, 4) is 5.75 Å². The molecule has 1 aliphatic heterocycles. The van der Waals surface area contributed by atoms with E-state index in [0.717, 1.165) is 42.0 Å². The van der Waals surface area contributed by atoms with Gasteiger partial charge in [-0.3, -0.25) is 4.98 Å². The maximum Gasteiger partial charge on any atom is 0.137 e. The van der Waals surface area contributed by atoms with E-state index in [1.807, 2.05) is 26.0 Å². The molecule has 3 fully saturated rings. The summed E-state index contributed by atoms with van der Waals surface area (Å²) in [7, 11) is 1.68. The molecule has 0 amide bonds. The number of nitrogens with two attached hydrogens (primary N) is 2. The molecule has 5 N–H and O–H groups in total. The highest BCUT2D eigenvalue weighted by molar-refractivity contribution is 5.75. The third-order valence-electron chi connectivity index (χ3n) is 9.24. The Morgan fingerprint density at radius 1 is 1.15 bits per heavy atom. The Morgan fingerprint density at radius 2 is 1.88 bits per heavy atom. The van der Waals surface area contributed by atoms with E-state index in [-0.39, 0.29) is 5.60 Å². The van der Waals surface area contributed by atoms with Gasteiger partial charge in [-0.1, -0.05) is 19.2 Å². The third-order valence-corrected chi connectivity index (χ3v) is 9.24. The van der Waals surface area contributed by atoms with Gasteiger partial charge in [0.2, 0.25) is 0 Å². The largest absolute Gasteiger partial charge is 0.489 e. The number of rotatable bonds is 12. The monoisotopic (exact) mass is 557 g/mol. The van der Waals surface area contributed by atoms with Crippen LogP contribution in [-0.4, -0.2) is 43.4 Å². The summed E-state index contributed by atoms with van der Waals surface area (Å²) in [6.45, 7) is 15.0. The molecule has 0 atom stereocenters. The number of benzene rings is 1. The number of allylic oxidation sites excluding steroid dienone is 1. The summed E-state index contributed by atoms with van der Waals surface area (Å²) in [5.41, 5.74) is 19.2. The van der Waals surface area contributed by atoms with Crippen LogP contribution in [0.3, 0.4) is 0 Å². The number of ether oxygens (including phenoxy) is 2. The molecule has 0 bridgehead atoms. The summed E-state index contributed by atoms with van der Waals surface area (Å²) in [4.78, 5) is 7.07. The van der Waals surface area contributed by atoms with Crippen LogP contribution in [0.2, 0.25) is 0 Å². The van der Waals surface area contributed by atoms with Crippen molar-refractivity contribution in [3.63, 3.8) is 0 Å². The molecular formula is C34H47N5O2. The van der Waals surface area contributed by atoms with Gasteiger partial charge in [0.25, 0.3) is 0 Å². The minimum absolute atomic E-state index is 0.360. The number of hydrogen-bond acceptors (Lipinski definition) is 7. The van der Waals surface area contributed by atoms with Crippen LogP contribution < -0.4 is 26.4 Å². The first kappa shape index (κ1) is 29.1. The lowest BCUT2D eigenvalue weighted by Crippen LogP contribution is -2.55. The van der Waals surface area contributed by atoms with E-state index in [9.17, 15) is 0 Å². The second-order valence-electron chi connectivity index (χ2n) is 13.0. The summed E-state index contributed by atoms with van der Waals surface area (Å²) in [6.07, 6.45) is 11.8. The minimum atomic E-state index is -0.360. The number of pyridine rings is 1. The van der Waals surface area contributed by atoms with E-state index < -0.39 is 0 Å². The van der Waals surface area contributed by atoms with Crippen molar-refractivity contribution in [1.82, 2.24) is 10.3 Å². The maximum atomic E-state index is 6.17. The van der Waals surface area contributed by atoms with Crippen molar-refractivity contribution in [1.29, 1.82) is 0 Å². The lowest BCUT2D eigenvalue weighted by molar-refractivity contribution is -0.0459. The van der Waals surface area contributed by atoms with Gasteiger partial charge < -0.3 is 31.2 Å². The summed E-state index contributed by atoms with van der Waals surface area (Å²) in [5.74, 6) is 1.39. The average molecular weight is 558 g/mol. The molecular weight excluding hydrogens is 510 g/mol. The van der Waals surface area contributed by atoms with Gasteiger partial charge in [0, 0.05) is 60.7 Å². The fraction of sp³-hybridized carbons (Fsp3) is 0.500. The first-order valence-corrected chi connectivity index (χ1v) is 14.9. The predicted molar refractivity (Wildman–Crippen MR) is 168 cm³/mol. The molecule has 7 nitrogen and oxygen atoms in total. The lowest BCUT2D eigenvalue weighted by atomic mass is 9.49. The van der Waals surface area contributed by atoms with Gasteiger partial charge in [0.15, 0.2) is 0 Å². The smallest absolute Gasteiger partial charge is 0.137 e. The van der Waals surface area contributed by atoms with Gasteiger partial charge in [0.05, 0.1) is 17.5 Å². The van der Waals surface area contributed by atoms with E-state index in [1.165, 1.54) is 49.8 Å². The van der Waals surface area contributed by atoms with Gasteiger partial charge in [0.1, 0.15) is 12.4 Å². The number of aromatic nitrogens is 1. The molecule has 2 aromatic rings. The highest BCUT2D eigenvalue weighted by Crippen LogP contribution is 2.59. The van der Waals surface area contributed by atoms with Gasteiger partial charge in [-0.15, -0.1) is 0 Å². The molecule has 1 saturated heterocycles. The SMILES string of the molecule is C=C(NC1CC2(CC(Cc3cc(N4CCCC4)ccc3C(=C)N)C2)C1)C(=CN)c1ccc(OCC(C)(C)OC)cn1. The van der Waals surface area contributed by atoms with Crippen molar-refractivity contribution in [2.24, 2.45) is 22.8 Å². The summed E-state index contributed by atoms with van der Waals surface area (Å²) < 4.78 is 11.2. The lowest BCUT2D eigenvalue weighted by Gasteiger charge is -2.58. The molecule has 5 rings (SSSR count). The molecule has 7 heteroatoms. The molecule has 1 aromatic carbocycles. The molecule has 1 spiro atoms. The third kappa shape index (κ3) is 6.56. The average Bonchev–Trinajstić information content (AvgIpc) is 3.46. The Kier molecular flexibility index (Phi) is 8.37. The Bertz CT molecular complexity index is 1280. The van der Waals surface area contributed by atoms with E-state index in [1.54, 1.807) is 19.5 Å². The molecule has 220 valence electrons. The van der Waals surface area contributed by atoms with Gasteiger partial charge >= 0.3 is 0 Å². The molecule has 2 aliphatic carbocycles. The van der Waals surface area contributed by atoms with Crippen LogP contribution in [0.15, 0.2) is 61.6 Å². The molecule has 2 heterocycles. The van der Waals surface area contributed by atoms with Crippen molar-refractivity contribution in [2.75, 3.05) is 31.7 Å². The molecule has 2 saturated carbocycles. The molecule has 0 unspecified atom stereocenters. The van der Waals surface area contributed by atoms with E-state index in [2.05, 4.69) is 46.6 Å². The number of hydrogen-bond donors (Lipinski definition) is 3. The molecule has 3 aliphatic rings. The van der Waals surface area contributed by atoms with Gasteiger partial charge in [-0.05, 0) is 100.0 Å². The van der Waals surface area contributed by atoms with Crippen molar-refractivity contribution < 1.29 is 9.47 Å². The maximum absolute atomic E-state index is 6.17. The van der Waals surface area contributed by atoms with E-state index in [0.29, 0.717) is 35.4 Å². The standard InChI is InChI=1S/C34H47N5O2/c1-23(36)30-10-8-28(39-12-6-7-13-39)15-26(30)14-25-16-34(17-25)18-27(19-34)38-24(2)31(20-35)32-11-9-29(21-37-32)41-22-33(3,4)40-5/h8-11,15,20-21,25,27,38H,1-2,6-7,12-14,16-19,22,35-36H2,3-5H3. The zero-order valence-corrected chi connectivity index (χ0v) is 25.0. The Hall–Kier alpha value is -3.45. The number of nitrogens with zero attached hydrogens (tertiary/aromatic N) is 2. The van der Waals surface area contributed by atoms with Crippen molar-refractivity contribution in [3.05, 3.63) is 78.4 Å². The summed E-state index contributed by atoms with van der Waals surface area (Å²) in [6, 6.07) is 11.0. The molecule has 1 aromatic heterocycles. The van der Waals surface area contributed by atoms with Crippen LogP contribution in [0.5, 0.6) is 5.75 Å². The fourth-order valence-corrected chi connectivity index (χ4v) is 6.88.